The number of nitrogens with zero attached hydrogens (tertiary/aromatic N) is 5. The lowest BCUT2D eigenvalue weighted by Gasteiger charge is -2.12. The van der Waals surface area contributed by atoms with E-state index in [1.807, 2.05) is 24.3 Å². The van der Waals surface area contributed by atoms with Gasteiger partial charge in [-0.2, -0.15) is 0 Å². The van der Waals surface area contributed by atoms with Gasteiger partial charge < -0.3 is 13.7 Å². The Labute approximate surface area is 363 Å². The molecule has 5 nitrogen and oxygen atoms in total. The normalized spacial score (nSPS) is 11.8. The smallest absolute Gasteiger partial charge is 0.160 e. The summed E-state index contributed by atoms with van der Waals surface area (Å²) in [7, 11) is 0. The van der Waals surface area contributed by atoms with E-state index in [0.717, 1.165) is 61.7 Å². The third-order valence-electron chi connectivity index (χ3n) is 12.6. The quantitative estimate of drug-likeness (QED) is 0.168. The Bertz CT molecular complexity index is 3820. The molecule has 294 valence electrons. The predicted octanol–water partition coefficient (Wildman–Crippen LogP) is 14.8. The molecule has 4 aromatic heterocycles. The van der Waals surface area contributed by atoms with Crippen LogP contribution in [0.25, 0.3) is 116 Å². The third-order valence-corrected chi connectivity index (χ3v) is 12.6. The van der Waals surface area contributed by atoms with E-state index in [1.54, 1.807) is 0 Å². The zero-order valence-corrected chi connectivity index (χ0v) is 34.1. The van der Waals surface area contributed by atoms with Crippen molar-refractivity contribution in [1.29, 1.82) is 0 Å². The molecule has 0 fully saturated rings. The van der Waals surface area contributed by atoms with Crippen molar-refractivity contribution in [2.24, 2.45) is 0 Å². The first-order chi connectivity index (χ1) is 31.3. The lowest BCUT2D eigenvalue weighted by atomic mass is 10.0. The number of aromatic nitrogens is 5. The SMILES string of the molecule is c1ccc(-c2cc(-c3ccc4c5ccc6c(c7ccccc7n6-c6ccc7c8ccccc8n(-c8ccccc8)c7c6)c5n(-c5ccccc5)c4c3)nc(-c3ccccc3)n2)cc1. The van der Waals surface area contributed by atoms with Gasteiger partial charge in [0.25, 0.3) is 0 Å². The fourth-order valence-electron chi connectivity index (χ4n) is 9.86. The predicted molar refractivity (Wildman–Crippen MR) is 261 cm³/mol. The van der Waals surface area contributed by atoms with Crippen LogP contribution in [0.2, 0.25) is 0 Å². The molecule has 63 heavy (non-hydrogen) atoms. The van der Waals surface area contributed by atoms with Crippen LogP contribution in [0.4, 0.5) is 0 Å². The standard InChI is InChI=1S/C58H37N5/c1-5-17-38(18-6-1)49-37-50(60-58(59-49)39-19-7-2-8-20-39)40-29-31-46-47-33-34-53-56(57(47)63(54(46)35-40)42-23-11-4-12-24-42)48-26-14-16-28-52(48)62(53)43-30-32-45-44-25-13-15-27-51(44)61(55(45)36-43)41-21-9-3-10-22-41/h1-37H. The lowest BCUT2D eigenvalue weighted by Crippen LogP contribution is -1.97. The van der Waals surface area contributed by atoms with Gasteiger partial charge in [0, 0.05) is 66.1 Å². The summed E-state index contributed by atoms with van der Waals surface area (Å²) in [5, 5.41) is 7.29. The second-order valence-electron chi connectivity index (χ2n) is 16.2. The fourth-order valence-corrected chi connectivity index (χ4v) is 9.86. The summed E-state index contributed by atoms with van der Waals surface area (Å²) in [6.07, 6.45) is 0. The molecule has 0 aliphatic heterocycles. The summed E-state index contributed by atoms with van der Waals surface area (Å²) in [4.78, 5) is 10.3. The minimum atomic E-state index is 0.701. The molecule has 13 rings (SSSR count). The monoisotopic (exact) mass is 803 g/mol. The van der Waals surface area contributed by atoms with Crippen LogP contribution in [0.5, 0.6) is 0 Å². The van der Waals surface area contributed by atoms with Crippen LogP contribution in [0, 0.1) is 0 Å². The average Bonchev–Trinajstić information content (AvgIpc) is 4.00. The van der Waals surface area contributed by atoms with E-state index in [1.165, 1.54) is 48.9 Å². The first-order valence-electron chi connectivity index (χ1n) is 21.4. The molecular formula is C58H37N5. The van der Waals surface area contributed by atoms with Crippen LogP contribution in [-0.2, 0) is 0 Å². The molecule has 0 unspecified atom stereocenters. The Balaban J connectivity index is 1.08. The highest BCUT2D eigenvalue weighted by atomic mass is 15.0. The van der Waals surface area contributed by atoms with Crippen molar-refractivity contribution < 1.29 is 0 Å². The van der Waals surface area contributed by atoms with Gasteiger partial charge in [-0.05, 0) is 66.7 Å². The molecule has 0 saturated carbocycles. The molecule has 5 heteroatoms. The van der Waals surface area contributed by atoms with Crippen LogP contribution in [0.1, 0.15) is 0 Å². The largest absolute Gasteiger partial charge is 0.309 e. The Kier molecular flexibility index (Phi) is 7.84. The maximum absolute atomic E-state index is 5.23. The van der Waals surface area contributed by atoms with Crippen molar-refractivity contribution >= 4 is 65.4 Å². The molecule has 0 saturated heterocycles. The molecule has 0 radical (unpaired) electrons. The molecule has 0 aliphatic carbocycles. The van der Waals surface area contributed by atoms with E-state index in [9.17, 15) is 0 Å². The van der Waals surface area contributed by atoms with Crippen molar-refractivity contribution in [3.63, 3.8) is 0 Å². The van der Waals surface area contributed by atoms with Gasteiger partial charge in [-0.3, -0.25) is 0 Å². The molecule has 0 spiro atoms. The summed E-state index contributed by atoms with van der Waals surface area (Å²) in [5.41, 5.74) is 15.2. The van der Waals surface area contributed by atoms with E-state index < -0.39 is 0 Å². The van der Waals surface area contributed by atoms with Crippen LogP contribution in [0.15, 0.2) is 224 Å². The van der Waals surface area contributed by atoms with Crippen LogP contribution < -0.4 is 0 Å². The third kappa shape index (κ3) is 5.50. The van der Waals surface area contributed by atoms with E-state index >= 15 is 0 Å². The Morgan fingerprint density at radius 1 is 0.270 bits per heavy atom. The second kappa shape index (κ2) is 14.0. The van der Waals surface area contributed by atoms with Crippen LogP contribution in [-0.4, -0.2) is 23.7 Å². The van der Waals surface area contributed by atoms with Crippen molar-refractivity contribution in [2.75, 3.05) is 0 Å². The van der Waals surface area contributed by atoms with Gasteiger partial charge in [0.2, 0.25) is 0 Å². The second-order valence-corrected chi connectivity index (χ2v) is 16.2. The maximum atomic E-state index is 5.23. The topological polar surface area (TPSA) is 40.6 Å². The van der Waals surface area contributed by atoms with Gasteiger partial charge in [0.15, 0.2) is 5.82 Å². The van der Waals surface area contributed by atoms with E-state index in [0.29, 0.717) is 5.82 Å². The first kappa shape index (κ1) is 35.2. The highest BCUT2D eigenvalue weighted by Crippen LogP contribution is 2.44. The van der Waals surface area contributed by atoms with Gasteiger partial charge in [-0.1, -0.05) is 158 Å². The van der Waals surface area contributed by atoms with E-state index in [4.69, 9.17) is 9.97 Å². The molecule has 0 amide bonds. The van der Waals surface area contributed by atoms with Crippen LogP contribution >= 0.6 is 0 Å². The molecule has 4 heterocycles. The van der Waals surface area contributed by atoms with Crippen molar-refractivity contribution in [1.82, 2.24) is 23.7 Å². The first-order valence-corrected chi connectivity index (χ1v) is 21.4. The number of hydrogen-bond donors (Lipinski definition) is 0. The Hall–Kier alpha value is -8.54. The average molecular weight is 804 g/mol. The van der Waals surface area contributed by atoms with Crippen molar-refractivity contribution in [3.8, 4) is 51.0 Å². The van der Waals surface area contributed by atoms with E-state index in [2.05, 4.69) is 214 Å². The number of rotatable bonds is 6. The van der Waals surface area contributed by atoms with Crippen molar-refractivity contribution in [2.45, 2.75) is 0 Å². The van der Waals surface area contributed by atoms with Gasteiger partial charge >= 0.3 is 0 Å². The Morgan fingerprint density at radius 3 is 1.48 bits per heavy atom. The van der Waals surface area contributed by atoms with Gasteiger partial charge in [0.1, 0.15) is 0 Å². The maximum Gasteiger partial charge on any atom is 0.160 e. The van der Waals surface area contributed by atoms with Crippen molar-refractivity contribution in [3.05, 3.63) is 224 Å². The minimum absolute atomic E-state index is 0.701. The molecule has 0 N–H and O–H groups in total. The summed E-state index contributed by atoms with van der Waals surface area (Å²) in [5.74, 6) is 0.701. The highest BCUT2D eigenvalue weighted by molar-refractivity contribution is 6.26. The zero-order chi connectivity index (χ0) is 41.4. The summed E-state index contributed by atoms with van der Waals surface area (Å²) in [6.45, 7) is 0. The fraction of sp³-hybridized carbons (Fsp3) is 0. The molecule has 13 aromatic rings. The van der Waals surface area contributed by atoms with Crippen LogP contribution in [0.3, 0.4) is 0 Å². The molecule has 0 atom stereocenters. The number of fused-ring (bicyclic) bond motifs is 10. The summed E-state index contributed by atoms with van der Waals surface area (Å²) in [6, 6.07) is 80.2. The van der Waals surface area contributed by atoms with E-state index in [-0.39, 0.29) is 0 Å². The van der Waals surface area contributed by atoms with Gasteiger partial charge in [-0.15, -0.1) is 0 Å². The lowest BCUT2D eigenvalue weighted by molar-refractivity contribution is 1.15. The van der Waals surface area contributed by atoms with Gasteiger partial charge in [0.05, 0.1) is 44.5 Å². The molecule has 0 bridgehead atoms. The Morgan fingerprint density at radius 2 is 0.762 bits per heavy atom. The zero-order valence-electron chi connectivity index (χ0n) is 34.1. The summed E-state index contributed by atoms with van der Waals surface area (Å²) >= 11 is 0. The number of benzene rings is 9. The minimum Gasteiger partial charge on any atom is -0.309 e. The highest BCUT2D eigenvalue weighted by Gasteiger charge is 2.23. The molecule has 0 aliphatic rings. The molecule has 9 aromatic carbocycles. The summed E-state index contributed by atoms with van der Waals surface area (Å²) < 4.78 is 7.31. The number of hydrogen-bond acceptors (Lipinski definition) is 2. The molecular weight excluding hydrogens is 767 g/mol. The van der Waals surface area contributed by atoms with Gasteiger partial charge in [-0.25, -0.2) is 9.97 Å². The number of para-hydroxylation sites is 4.